The third kappa shape index (κ3) is 4.52. The van der Waals surface area contributed by atoms with Crippen molar-refractivity contribution in [1.29, 1.82) is 0 Å². The van der Waals surface area contributed by atoms with Gasteiger partial charge in [-0.25, -0.2) is 9.78 Å². The molecule has 0 aromatic carbocycles. The van der Waals surface area contributed by atoms with Crippen LogP contribution in [-0.4, -0.2) is 34.4 Å². The van der Waals surface area contributed by atoms with Crippen molar-refractivity contribution in [1.82, 2.24) is 9.88 Å². The number of rotatable bonds is 8. The van der Waals surface area contributed by atoms with Gasteiger partial charge in [0.25, 0.3) is 0 Å². The van der Waals surface area contributed by atoms with Crippen LogP contribution >= 0.6 is 11.3 Å². The Labute approximate surface area is 129 Å². The number of aromatic nitrogens is 1. The molecule has 5 nitrogen and oxygen atoms in total. The SMILES string of the molecule is CCCCC(=O)N(Cc1nc(C(=O)OCC)cs1)C1CC1. The third-order valence-electron chi connectivity index (χ3n) is 3.39. The minimum Gasteiger partial charge on any atom is -0.461 e. The van der Waals surface area contributed by atoms with Crippen LogP contribution in [-0.2, 0) is 16.1 Å². The van der Waals surface area contributed by atoms with Crippen LogP contribution in [0.15, 0.2) is 5.38 Å². The van der Waals surface area contributed by atoms with Gasteiger partial charge in [-0.15, -0.1) is 11.3 Å². The molecule has 1 heterocycles. The maximum absolute atomic E-state index is 12.2. The molecule has 1 aliphatic rings. The van der Waals surface area contributed by atoms with E-state index in [2.05, 4.69) is 11.9 Å². The number of hydrogen-bond acceptors (Lipinski definition) is 5. The highest BCUT2D eigenvalue weighted by atomic mass is 32.1. The van der Waals surface area contributed by atoms with Gasteiger partial charge in [0.05, 0.1) is 13.2 Å². The fourth-order valence-corrected chi connectivity index (χ4v) is 2.87. The number of carbonyl (C=O) groups is 2. The Morgan fingerprint density at radius 3 is 2.81 bits per heavy atom. The molecule has 1 fully saturated rings. The Morgan fingerprint density at radius 1 is 1.43 bits per heavy atom. The van der Waals surface area contributed by atoms with Gasteiger partial charge < -0.3 is 9.64 Å². The topological polar surface area (TPSA) is 59.5 Å². The van der Waals surface area contributed by atoms with E-state index in [4.69, 9.17) is 4.74 Å². The van der Waals surface area contributed by atoms with E-state index in [0.717, 1.165) is 30.7 Å². The number of ether oxygens (including phenoxy) is 1. The van der Waals surface area contributed by atoms with Crippen molar-refractivity contribution in [3.05, 3.63) is 16.1 Å². The molecule has 1 aromatic heterocycles. The number of amides is 1. The van der Waals surface area contributed by atoms with Crippen LogP contribution in [0.25, 0.3) is 0 Å². The first kappa shape index (κ1) is 15.9. The number of hydrogen-bond donors (Lipinski definition) is 0. The molecule has 116 valence electrons. The summed E-state index contributed by atoms with van der Waals surface area (Å²) in [6.45, 7) is 4.71. The standard InChI is InChI=1S/C15H22N2O3S/c1-3-5-6-14(18)17(11-7-8-11)9-13-16-12(10-21-13)15(19)20-4-2/h10-11H,3-9H2,1-2H3. The number of thiazole rings is 1. The van der Waals surface area contributed by atoms with Crippen molar-refractivity contribution in [2.45, 2.75) is 58.5 Å². The zero-order valence-corrected chi connectivity index (χ0v) is 13.4. The molecule has 0 unspecified atom stereocenters. The zero-order chi connectivity index (χ0) is 15.2. The minimum absolute atomic E-state index is 0.201. The first-order chi connectivity index (χ1) is 10.2. The zero-order valence-electron chi connectivity index (χ0n) is 12.6. The molecule has 1 aromatic rings. The number of unbranched alkanes of at least 4 members (excludes halogenated alkanes) is 1. The lowest BCUT2D eigenvalue weighted by Crippen LogP contribution is -2.32. The minimum atomic E-state index is -0.393. The van der Waals surface area contributed by atoms with E-state index in [9.17, 15) is 9.59 Å². The number of nitrogens with zero attached hydrogens (tertiary/aromatic N) is 2. The maximum Gasteiger partial charge on any atom is 0.357 e. The molecule has 0 bridgehead atoms. The number of esters is 1. The summed E-state index contributed by atoms with van der Waals surface area (Å²) in [5.74, 6) is -0.192. The van der Waals surface area contributed by atoms with E-state index in [1.54, 1.807) is 12.3 Å². The summed E-state index contributed by atoms with van der Waals surface area (Å²) >= 11 is 1.41. The molecule has 6 heteroatoms. The van der Waals surface area contributed by atoms with E-state index in [1.165, 1.54) is 11.3 Å². The molecular formula is C15H22N2O3S. The lowest BCUT2D eigenvalue weighted by molar-refractivity contribution is -0.132. The monoisotopic (exact) mass is 310 g/mol. The summed E-state index contributed by atoms with van der Waals surface area (Å²) in [5, 5.41) is 2.50. The van der Waals surface area contributed by atoms with Gasteiger partial charge in [-0.2, -0.15) is 0 Å². The largest absolute Gasteiger partial charge is 0.461 e. The number of carbonyl (C=O) groups excluding carboxylic acids is 2. The first-order valence-electron chi connectivity index (χ1n) is 7.56. The summed E-state index contributed by atoms with van der Waals surface area (Å²) in [6, 6.07) is 0.365. The van der Waals surface area contributed by atoms with E-state index in [1.807, 2.05) is 4.90 Å². The van der Waals surface area contributed by atoms with Crippen LogP contribution < -0.4 is 0 Å². The van der Waals surface area contributed by atoms with E-state index in [-0.39, 0.29) is 5.91 Å². The van der Waals surface area contributed by atoms with Gasteiger partial charge in [0, 0.05) is 17.8 Å². The lowest BCUT2D eigenvalue weighted by atomic mass is 10.2. The second kappa shape index (κ2) is 7.54. The lowest BCUT2D eigenvalue weighted by Gasteiger charge is -2.21. The predicted octanol–water partition coefficient (Wildman–Crippen LogP) is 3.00. The predicted molar refractivity (Wildman–Crippen MR) is 81.2 cm³/mol. The Bertz CT molecular complexity index is 497. The first-order valence-corrected chi connectivity index (χ1v) is 8.44. The Morgan fingerprint density at radius 2 is 2.19 bits per heavy atom. The summed E-state index contributed by atoms with van der Waals surface area (Å²) in [4.78, 5) is 30.1. The van der Waals surface area contributed by atoms with Crippen molar-refractivity contribution in [3.63, 3.8) is 0 Å². The van der Waals surface area contributed by atoms with Crippen LogP contribution in [0.5, 0.6) is 0 Å². The smallest absolute Gasteiger partial charge is 0.357 e. The highest BCUT2D eigenvalue weighted by Crippen LogP contribution is 2.29. The molecule has 0 atom stereocenters. The quantitative estimate of drug-likeness (QED) is 0.693. The van der Waals surface area contributed by atoms with Crippen LogP contribution in [0.2, 0.25) is 0 Å². The Kier molecular flexibility index (Phi) is 5.73. The van der Waals surface area contributed by atoms with E-state index >= 15 is 0 Å². The van der Waals surface area contributed by atoms with Crippen molar-refractivity contribution >= 4 is 23.2 Å². The molecule has 1 aliphatic carbocycles. The van der Waals surface area contributed by atoms with Crippen LogP contribution in [0.4, 0.5) is 0 Å². The van der Waals surface area contributed by atoms with Gasteiger partial charge in [0.15, 0.2) is 5.69 Å². The fraction of sp³-hybridized carbons (Fsp3) is 0.667. The van der Waals surface area contributed by atoms with Gasteiger partial charge in [0.1, 0.15) is 5.01 Å². The van der Waals surface area contributed by atoms with Gasteiger partial charge in [0.2, 0.25) is 5.91 Å². The van der Waals surface area contributed by atoms with Crippen molar-refractivity contribution in [2.75, 3.05) is 6.61 Å². The van der Waals surface area contributed by atoms with Gasteiger partial charge in [-0.1, -0.05) is 13.3 Å². The summed E-state index contributed by atoms with van der Waals surface area (Å²) in [7, 11) is 0. The van der Waals surface area contributed by atoms with Gasteiger partial charge in [-0.05, 0) is 26.2 Å². The molecule has 0 spiro atoms. The second-order valence-corrected chi connectivity index (χ2v) is 6.15. The van der Waals surface area contributed by atoms with Crippen LogP contribution in [0.1, 0.15) is 61.4 Å². The Hall–Kier alpha value is -1.43. The van der Waals surface area contributed by atoms with Crippen molar-refractivity contribution in [3.8, 4) is 0 Å². The highest BCUT2D eigenvalue weighted by Gasteiger charge is 2.32. The summed E-state index contributed by atoms with van der Waals surface area (Å²) < 4.78 is 4.93. The molecule has 0 N–H and O–H groups in total. The van der Waals surface area contributed by atoms with E-state index in [0.29, 0.717) is 31.3 Å². The average Bonchev–Trinajstić information content (AvgIpc) is 3.20. The molecule has 0 saturated heterocycles. The maximum atomic E-state index is 12.2. The second-order valence-electron chi connectivity index (χ2n) is 5.20. The van der Waals surface area contributed by atoms with Gasteiger partial charge >= 0.3 is 5.97 Å². The molecule has 2 rings (SSSR count). The normalized spacial score (nSPS) is 14.0. The van der Waals surface area contributed by atoms with Crippen molar-refractivity contribution < 1.29 is 14.3 Å². The van der Waals surface area contributed by atoms with Gasteiger partial charge in [-0.3, -0.25) is 4.79 Å². The molecule has 0 radical (unpaired) electrons. The van der Waals surface area contributed by atoms with E-state index < -0.39 is 5.97 Å². The highest BCUT2D eigenvalue weighted by molar-refractivity contribution is 7.09. The summed E-state index contributed by atoms with van der Waals surface area (Å²) in [6.07, 6.45) is 4.70. The molecule has 21 heavy (non-hydrogen) atoms. The third-order valence-corrected chi connectivity index (χ3v) is 4.23. The molecule has 1 saturated carbocycles. The summed E-state index contributed by atoms with van der Waals surface area (Å²) in [5.41, 5.74) is 0.341. The Balaban J connectivity index is 1.97. The average molecular weight is 310 g/mol. The van der Waals surface area contributed by atoms with Crippen molar-refractivity contribution in [2.24, 2.45) is 0 Å². The molecule has 0 aliphatic heterocycles. The fourth-order valence-electron chi connectivity index (χ4n) is 2.11. The molecular weight excluding hydrogens is 288 g/mol. The molecule has 1 amide bonds. The van der Waals surface area contributed by atoms with Crippen LogP contribution in [0.3, 0.4) is 0 Å². The van der Waals surface area contributed by atoms with Crippen LogP contribution in [0, 0.1) is 0 Å².